The summed E-state index contributed by atoms with van der Waals surface area (Å²) in [5.74, 6) is 5.10. The molecule has 0 unspecified atom stereocenters. The predicted octanol–water partition coefficient (Wildman–Crippen LogP) is 2.60. The van der Waals surface area contributed by atoms with E-state index in [1.807, 2.05) is 0 Å². The Morgan fingerprint density at radius 1 is 1.40 bits per heavy atom. The summed E-state index contributed by atoms with van der Waals surface area (Å²) in [7, 11) is 0. The minimum absolute atomic E-state index is 0.0324. The van der Waals surface area contributed by atoms with Crippen LogP contribution in [0.4, 0.5) is 10.2 Å². The molecule has 3 rings (SSSR count). The topological polar surface area (TPSA) is 77.5 Å². The van der Waals surface area contributed by atoms with E-state index in [-0.39, 0.29) is 16.7 Å². The second kappa shape index (κ2) is 4.95. The summed E-state index contributed by atoms with van der Waals surface area (Å²) in [5.41, 5.74) is 2.84. The molecule has 2 aromatic heterocycles. The fraction of sp³-hybridized carbons (Fsp3) is 0. The summed E-state index contributed by atoms with van der Waals surface area (Å²) in [6, 6.07) is 4.46. The van der Waals surface area contributed by atoms with E-state index in [9.17, 15) is 4.39 Å². The van der Waals surface area contributed by atoms with E-state index in [1.165, 1.54) is 12.1 Å². The largest absolute Gasteiger partial charge is 0.433 e. The van der Waals surface area contributed by atoms with Crippen molar-refractivity contribution < 1.29 is 9.13 Å². The zero-order valence-corrected chi connectivity index (χ0v) is 10.8. The van der Waals surface area contributed by atoms with Gasteiger partial charge in [0, 0.05) is 12.4 Å². The molecule has 102 valence electrons. The quantitative estimate of drug-likeness (QED) is 0.573. The Morgan fingerprint density at radius 3 is 3.05 bits per heavy atom. The van der Waals surface area contributed by atoms with E-state index < -0.39 is 5.82 Å². The van der Waals surface area contributed by atoms with Gasteiger partial charge in [0.15, 0.2) is 17.4 Å². The Kier molecular flexibility index (Phi) is 3.13. The van der Waals surface area contributed by atoms with Gasteiger partial charge in [-0.3, -0.25) is 4.40 Å². The van der Waals surface area contributed by atoms with Gasteiger partial charge in [-0.25, -0.2) is 15.2 Å². The lowest BCUT2D eigenvalue weighted by Gasteiger charge is -2.09. The van der Waals surface area contributed by atoms with E-state index in [0.29, 0.717) is 11.5 Å². The molecule has 3 aromatic rings. The number of halogens is 2. The number of hydrazine groups is 1. The third kappa shape index (κ3) is 2.13. The fourth-order valence-corrected chi connectivity index (χ4v) is 1.87. The molecule has 0 bridgehead atoms. The second-order valence-corrected chi connectivity index (χ2v) is 4.29. The summed E-state index contributed by atoms with van der Waals surface area (Å²) in [6.07, 6.45) is 4.89. The van der Waals surface area contributed by atoms with Gasteiger partial charge < -0.3 is 10.2 Å². The third-order valence-corrected chi connectivity index (χ3v) is 2.91. The van der Waals surface area contributed by atoms with Crippen molar-refractivity contribution in [1.82, 2.24) is 14.4 Å². The summed E-state index contributed by atoms with van der Waals surface area (Å²) in [4.78, 5) is 8.20. The maximum absolute atomic E-state index is 13.8. The first-order chi connectivity index (χ1) is 9.69. The number of nitrogen functional groups attached to an aromatic ring is 1. The van der Waals surface area contributed by atoms with Crippen LogP contribution in [-0.4, -0.2) is 14.4 Å². The molecular formula is C12H9ClFN5O. The van der Waals surface area contributed by atoms with Gasteiger partial charge in [0.05, 0.1) is 11.2 Å². The van der Waals surface area contributed by atoms with Crippen LogP contribution in [0.2, 0.25) is 5.02 Å². The lowest BCUT2D eigenvalue weighted by molar-refractivity contribution is 0.430. The number of nitrogens with two attached hydrogens (primary N) is 1. The van der Waals surface area contributed by atoms with E-state index in [2.05, 4.69) is 15.4 Å². The van der Waals surface area contributed by atoms with Crippen LogP contribution in [0.5, 0.6) is 11.6 Å². The number of imidazole rings is 1. The molecule has 0 amide bonds. The number of nitrogens with zero attached hydrogens (tertiary/aromatic N) is 3. The normalized spacial score (nSPS) is 10.8. The molecule has 0 spiro atoms. The highest BCUT2D eigenvalue weighted by Gasteiger charge is 2.13. The van der Waals surface area contributed by atoms with Crippen LogP contribution in [0.3, 0.4) is 0 Å². The number of fused-ring (bicyclic) bond motifs is 1. The molecule has 0 atom stereocenters. The molecule has 20 heavy (non-hydrogen) atoms. The first-order valence-corrected chi connectivity index (χ1v) is 5.99. The van der Waals surface area contributed by atoms with Crippen LogP contribution < -0.4 is 16.0 Å². The van der Waals surface area contributed by atoms with E-state index >= 15 is 0 Å². The highest BCUT2D eigenvalue weighted by molar-refractivity contribution is 6.30. The van der Waals surface area contributed by atoms with Crippen LogP contribution in [-0.2, 0) is 0 Å². The van der Waals surface area contributed by atoms with Gasteiger partial charge in [-0.1, -0.05) is 17.7 Å². The van der Waals surface area contributed by atoms with Crippen molar-refractivity contribution in [2.45, 2.75) is 0 Å². The molecule has 0 aliphatic carbocycles. The van der Waals surface area contributed by atoms with Crippen LogP contribution >= 0.6 is 11.6 Å². The number of ether oxygens (including phenoxy) is 1. The number of aromatic nitrogens is 3. The molecule has 8 heteroatoms. The second-order valence-electron chi connectivity index (χ2n) is 3.89. The number of hydrogen-bond donors (Lipinski definition) is 2. The van der Waals surface area contributed by atoms with E-state index in [1.54, 1.807) is 29.1 Å². The highest BCUT2D eigenvalue weighted by Crippen LogP contribution is 2.30. The molecule has 0 saturated carbocycles. The number of benzene rings is 1. The molecule has 1 aromatic carbocycles. The zero-order valence-electron chi connectivity index (χ0n) is 10.0. The van der Waals surface area contributed by atoms with E-state index in [0.717, 1.165) is 0 Å². The Bertz CT molecular complexity index is 776. The molecular weight excluding hydrogens is 285 g/mol. The van der Waals surface area contributed by atoms with Crippen molar-refractivity contribution in [3.05, 3.63) is 47.6 Å². The van der Waals surface area contributed by atoms with Gasteiger partial charge in [0.25, 0.3) is 5.88 Å². The molecule has 0 saturated heterocycles. The van der Waals surface area contributed by atoms with Gasteiger partial charge in [0.1, 0.15) is 0 Å². The van der Waals surface area contributed by atoms with E-state index in [4.69, 9.17) is 22.2 Å². The van der Waals surface area contributed by atoms with Crippen molar-refractivity contribution in [2.24, 2.45) is 5.84 Å². The Balaban J connectivity index is 2.10. The van der Waals surface area contributed by atoms with Gasteiger partial charge in [-0.15, -0.1) is 0 Å². The van der Waals surface area contributed by atoms with Crippen LogP contribution in [0.25, 0.3) is 5.65 Å². The molecule has 0 aliphatic heterocycles. The van der Waals surface area contributed by atoms with Crippen molar-refractivity contribution in [3.8, 4) is 11.6 Å². The summed E-state index contributed by atoms with van der Waals surface area (Å²) in [5, 5.41) is -0.0324. The molecule has 6 nitrogen and oxygen atoms in total. The molecule has 0 aliphatic rings. The third-order valence-electron chi connectivity index (χ3n) is 2.61. The smallest absolute Gasteiger partial charge is 0.266 e. The summed E-state index contributed by atoms with van der Waals surface area (Å²) < 4.78 is 21.0. The average Bonchev–Trinajstić information content (AvgIpc) is 2.92. The average molecular weight is 294 g/mol. The molecule has 3 N–H and O–H groups in total. The first-order valence-electron chi connectivity index (χ1n) is 5.61. The monoisotopic (exact) mass is 293 g/mol. The molecule has 0 radical (unpaired) electrons. The first kappa shape index (κ1) is 12.6. The Labute approximate surface area is 117 Å². The van der Waals surface area contributed by atoms with Crippen molar-refractivity contribution in [3.63, 3.8) is 0 Å². The highest BCUT2D eigenvalue weighted by atomic mass is 35.5. The maximum atomic E-state index is 13.8. The van der Waals surface area contributed by atoms with Crippen molar-refractivity contribution >= 4 is 23.1 Å². The minimum Gasteiger partial charge on any atom is -0.433 e. The fourth-order valence-electron chi connectivity index (χ4n) is 1.71. The lowest BCUT2D eigenvalue weighted by Crippen LogP contribution is -2.10. The number of hydrogen-bond acceptors (Lipinski definition) is 5. The molecule has 2 heterocycles. The lowest BCUT2D eigenvalue weighted by atomic mass is 10.3. The molecule has 0 fully saturated rings. The predicted molar refractivity (Wildman–Crippen MR) is 72.3 cm³/mol. The number of rotatable bonds is 3. The summed E-state index contributed by atoms with van der Waals surface area (Å²) >= 11 is 5.71. The van der Waals surface area contributed by atoms with Gasteiger partial charge in [0.2, 0.25) is 5.65 Å². The standard InChI is InChI=1S/C12H9ClFN5O/c13-7-2-1-3-8(10(7)14)20-12-11-16-4-5-19(11)6-9(17-12)18-15/h1-6,18H,15H2. The van der Waals surface area contributed by atoms with Crippen LogP contribution in [0, 0.1) is 5.82 Å². The van der Waals surface area contributed by atoms with Crippen LogP contribution in [0.1, 0.15) is 0 Å². The number of nitrogens with one attached hydrogen (secondary N) is 1. The van der Waals surface area contributed by atoms with Crippen molar-refractivity contribution in [1.29, 1.82) is 0 Å². The van der Waals surface area contributed by atoms with Gasteiger partial charge in [-0.2, -0.15) is 4.98 Å². The van der Waals surface area contributed by atoms with Gasteiger partial charge >= 0.3 is 0 Å². The maximum Gasteiger partial charge on any atom is 0.266 e. The zero-order chi connectivity index (χ0) is 14.1. The Hall–Kier alpha value is -2.38. The van der Waals surface area contributed by atoms with Crippen LogP contribution in [0.15, 0.2) is 36.8 Å². The summed E-state index contributed by atoms with van der Waals surface area (Å²) in [6.45, 7) is 0. The van der Waals surface area contributed by atoms with Crippen molar-refractivity contribution in [2.75, 3.05) is 5.43 Å². The van der Waals surface area contributed by atoms with Gasteiger partial charge in [-0.05, 0) is 12.1 Å². The number of anilines is 1. The SMILES string of the molecule is NNc1cn2ccnc2c(Oc2cccc(Cl)c2F)n1. The minimum atomic E-state index is -0.660. The Morgan fingerprint density at radius 2 is 2.25 bits per heavy atom.